The van der Waals surface area contributed by atoms with Gasteiger partial charge in [-0.05, 0) is 26.3 Å². The van der Waals surface area contributed by atoms with Gasteiger partial charge in [0.05, 0.1) is 7.11 Å². The lowest BCUT2D eigenvalue weighted by Gasteiger charge is -2.43. The van der Waals surface area contributed by atoms with E-state index in [9.17, 15) is 14.4 Å². The van der Waals surface area contributed by atoms with Crippen molar-refractivity contribution in [3.63, 3.8) is 0 Å². The maximum Gasteiger partial charge on any atom is 0.408 e. The van der Waals surface area contributed by atoms with Gasteiger partial charge in [0.2, 0.25) is 0 Å². The van der Waals surface area contributed by atoms with Gasteiger partial charge in [-0.3, -0.25) is 9.63 Å². The van der Waals surface area contributed by atoms with Crippen LogP contribution < -0.4 is 5.32 Å². The van der Waals surface area contributed by atoms with E-state index < -0.39 is 35.7 Å². The highest BCUT2D eigenvalue weighted by Gasteiger charge is 2.55. The highest BCUT2D eigenvalue weighted by Crippen LogP contribution is 2.23. The third kappa shape index (κ3) is 4.69. The lowest BCUT2D eigenvalue weighted by Crippen LogP contribution is -2.73. The maximum absolute atomic E-state index is 12.2. The molecule has 0 bridgehead atoms. The highest BCUT2D eigenvalue weighted by atomic mass is 16.7. The predicted molar refractivity (Wildman–Crippen MR) is 87.0 cm³/mol. The summed E-state index contributed by atoms with van der Waals surface area (Å²) in [7, 11) is 1.20. The zero-order valence-corrected chi connectivity index (χ0v) is 14.6. The first-order valence-corrected chi connectivity index (χ1v) is 7.80. The molecule has 1 fully saturated rings. The van der Waals surface area contributed by atoms with Crippen molar-refractivity contribution in [1.82, 2.24) is 10.4 Å². The topological polar surface area (TPSA) is 94.2 Å². The quantitative estimate of drug-likeness (QED) is 0.637. The molecule has 1 aromatic carbocycles. The molecule has 0 unspecified atom stereocenters. The van der Waals surface area contributed by atoms with Crippen LogP contribution in [0, 0.1) is 0 Å². The number of hydrogen-bond acceptors (Lipinski definition) is 6. The van der Waals surface area contributed by atoms with Crippen LogP contribution in [0.4, 0.5) is 4.79 Å². The Bertz CT molecular complexity index is 640. The molecule has 1 aromatic rings. The largest absolute Gasteiger partial charge is 0.467 e. The van der Waals surface area contributed by atoms with Crippen molar-refractivity contribution >= 4 is 18.0 Å². The Morgan fingerprint density at radius 2 is 1.84 bits per heavy atom. The van der Waals surface area contributed by atoms with E-state index in [2.05, 4.69) is 5.32 Å². The number of benzene rings is 1. The van der Waals surface area contributed by atoms with Crippen LogP contribution >= 0.6 is 0 Å². The van der Waals surface area contributed by atoms with Gasteiger partial charge in [0.15, 0.2) is 6.04 Å². The first-order chi connectivity index (χ1) is 11.7. The molecule has 0 aromatic heterocycles. The van der Waals surface area contributed by atoms with Crippen molar-refractivity contribution in [2.24, 2.45) is 0 Å². The Balaban J connectivity index is 2.01. The third-order valence-electron chi connectivity index (χ3n) is 3.38. The van der Waals surface area contributed by atoms with Crippen LogP contribution in [-0.2, 0) is 30.5 Å². The van der Waals surface area contributed by atoms with E-state index in [4.69, 9.17) is 14.3 Å². The minimum absolute atomic E-state index is 0.110. The molecule has 0 saturated carbocycles. The first-order valence-electron chi connectivity index (χ1n) is 7.80. The minimum atomic E-state index is -1.09. The number of nitrogens with one attached hydrogen (secondary N) is 1. The van der Waals surface area contributed by atoms with Crippen LogP contribution in [0.1, 0.15) is 26.3 Å². The Hall–Kier alpha value is -2.61. The number of carbonyl (C=O) groups excluding carboxylic acids is 3. The molecule has 2 rings (SSSR count). The van der Waals surface area contributed by atoms with E-state index >= 15 is 0 Å². The number of β-lactam (4-membered cyclic amide) rings is 1. The molecule has 136 valence electrons. The molecule has 1 aliphatic rings. The number of hydroxylamine groups is 2. The fraction of sp³-hybridized carbons (Fsp3) is 0.471. The van der Waals surface area contributed by atoms with Crippen molar-refractivity contribution in [1.29, 1.82) is 0 Å². The lowest BCUT2D eigenvalue weighted by atomic mass is 9.98. The predicted octanol–water partition coefficient (Wildman–Crippen LogP) is 1.40. The molecule has 2 atom stereocenters. The highest BCUT2D eigenvalue weighted by molar-refractivity contribution is 6.00. The number of rotatable bonds is 5. The number of hydrogen-bond donors (Lipinski definition) is 1. The number of amides is 2. The molecular formula is C17H22N2O6. The van der Waals surface area contributed by atoms with E-state index in [1.807, 2.05) is 30.3 Å². The van der Waals surface area contributed by atoms with Crippen molar-refractivity contribution in [3.8, 4) is 0 Å². The van der Waals surface area contributed by atoms with Crippen LogP contribution in [0.2, 0.25) is 0 Å². The van der Waals surface area contributed by atoms with Crippen molar-refractivity contribution in [3.05, 3.63) is 35.9 Å². The Labute approximate surface area is 146 Å². The Morgan fingerprint density at radius 1 is 1.20 bits per heavy atom. The van der Waals surface area contributed by atoms with Crippen LogP contribution in [-0.4, -0.2) is 47.8 Å². The number of carbonyl (C=O) groups is 3. The summed E-state index contributed by atoms with van der Waals surface area (Å²) in [6, 6.07) is 7.03. The maximum atomic E-state index is 12.2. The zero-order valence-electron chi connectivity index (χ0n) is 14.6. The van der Waals surface area contributed by atoms with Gasteiger partial charge < -0.3 is 14.8 Å². The van der Waals surface area contributed by atoms with E-state index in [0.29, 0.717) is 0 Å². The average molecular weight is 350 g/mol. The molecule has 0 spiro atoms. The standard InChI is InChI=1S/C17H22N2O6/c1-17(2,3)25-16(22)18-12-13(15(21)23-4)19(14(12)20)24-10-11-8-6-5-7-9-11/h5-9,12-13H,10H2,1-4H3,(H,18,22)/t12-,13+/m0/s1. The fourth-order valence-electron chi connectivity index (χ4n) is 2.25. The van der Waals surface area contributed by atoms with Crippen LogP contribution in [0.5, 0.6) is 0 Å². The van der Waals surface area contributed by atoms with Crippen LogP contribution in [0.15, 0.2) is 30.3 Å². The summed E-state index contributed by atoms with van der Waals surface area (Å²) in [6.45, 7) is 5.20. The van der Waals surface area contributed by atoms with Crippen LogP contribution in [0.3, 0.4) is 0 Å². The van der Waals surface area contributed by atoms with Gasteiger partial charge in [0.1, 0.15) is 18.2 Å². The molecule has 8 heteroatoms. The van der Waals surface area contributed by atoms with Gasteiger partial charge in [-0.25, -0.2) is 14.7 Å². The molecule has 8 nitrogen and oxygen atoms in total. The van der Waals surface area contributed by atoms with Crippen molar-refractivity contribution in [2.75, 3.05) is 7.11 Å². The summed E-state index contributed by atoms with van der Waals surface area (Å²) in [5.74, 6) is -1.23. The Morgan fingerprint density at radius 3 is 2.40 bits per heavy atom. The average Bonchev–Trinajstić information content (AvgIpc) is 2.55. The van der Waals surface area contributed by atoms with Gasteiger partial charge >= 0.3 is 12.1 Å². The number of ether oxygens (including phenoxy) is 2. The SMILES string of the molecule is COC(=O)[C@H]1[C@H](NC(=O)OC(C)(C)C)C(=O)N1OCc1ccccc1. The second-order valence-electron chi connectivity index (χ2n) is 6.51. The normalized spacial score (nSPS) is 19.8. The summed E-state index contributed by atoms with van der Waals surface area (Å²) < 4.78 is 9.80. The monoisotopic (exact) mass is 350 g/mol. The Kier molecular flexibility index (Phi) is 5.63. The summed E-state index contributed by atoms with van der Waals surface area (Å²) in [6.07, 6.45) is -0.789. The molecule has 0 radical (unpaired) electrons. The number of esters is 1. The summed E-state index contributed by atoms with van der Waals surface area (Å²) in [5, 5.41) is 3.30. The lowest BCUT2D eigenvalue weighted by molar-refractivity contribution is -0.243. The fourth-order valence-corrected chi connectivity index (χ4v) is 2.25. The van der Waals surface area contributed by atoms with E-state index in [1.165, 1.54) is 7.11 Å². The summed E-state index contributed by atoms with van der Waals surface area (Å²) >= 11 is 0. The van der Waals surface area contributed by atoms with E-state index in [-0.39, 0.29) is 6.61 Å². The molecule has 1 heterocycles. The smallest absolute Gasteiger partial charge is 0.408 e. The molecule has 25 heavy (non-hydrogen) atoms. The summed E-state index contributed by atoms with van der Waals surface area (Å²) in [5.41, 5.74) is 0.115. The molecule has 0 aliphatic carbocycles. The molecule has 1 saturated heterocycles. The molecule has 1 N–H and O–H groups in total. The van der Waals surface area contributed by atoms with Gasteiger partial charge in [-0.2, -0.15) is 0 Å². The van der Waals surface area contributed by atoms with Gasteiger partial charge in [-0.15, -0.1) is 0 Å². The molecule has 2 amide bonds. The number of methoxy groups -OCH3 is 1. The second kappa shape index (κ2) is 7.52. The van der Waals surface area contributed by atoms with Gasteiger partial charge in [0, 0.05) is 0 Å². The number of alkyl carbamates (subject to hydrolysis) is 1. The minimum Gasteiger partial charge on any atom is -0.467 e. The van der Waals surface area contributed by atoms with Crippen LogP contribution in [0.25, 0.3) is 0 Å². The van der Waals surface area contributed by atoms with Gasteiger partial charge in [-0.1, -0.05) is 30.3 Å². The number of nitrogens with zero attached hydrogens (tertiary/aromatic N) is 1. The third-order valence-corrected chi connectivity index (χ3v) is 3.38. The van der Waals surface area contributed by atoms with Gasteiger partial charge in [0.25, 0.3) is 5.91 Å². The summed E-state index contributed by atoms with van der Waals surface area (Å²) in [4.78, 5) is 41.5. The molecular weight excluding hydrogens is 328 g/mol. The van der Waals surface area contributed by atoms with E-state index in [1.54, 1.807) is 20.8 Å². The van der Waals surface area contributed by atoms with E-state index in [0.717, 1.165) is 10.6 Å². The molecule has 1 aliphatic heterocycles. The van der Waals surface area contributed by atoms with Crippen molar-refractivity contribution in [2.45, 2.75) is 45.1 Å². The second-order valence-corrected chi connectivity index (χ2v) is 6.51. The first kappa shape index (κ1) is 18.7. The zero-order chi connectivity index (χ0) is 18.6. The van der Waals surface area contributed by atoms with Crippen molar-refractivity contribution < 1.29 is 28.7 Å².